The summed E-state index contributed by atoms with van der Waals surface area (Å²) in [6.07, 6.45) is -0.841. The van der Waals surface area contributed by atoms with Gasteiger partial charge in [0.25, 0.3) is 0 Å². The highest BCUT2D eigenvalue weighted by Gasteiger charge is 2.33. The van der Waals surface area contributed by atoms with Gasteiger partial charge in [-0.15, -0.1) is 0 Å². The molecule has 1 fully saturated rings. The molecule has 2 amide bonds. The summed E-state index contributed by atoms with van der Waals surface area (Å²) in [5, 5.41) is 2.21. The Labute approximate surface area is 148 Å². The molecule has 1 saturated heterocycles. The maximum atomic E-state index is 12.8. The topological polar surface area (TPSA) is 49.4 Å². The average Bonchev–Trinajstić information content (AvgIpc) is 2.59. The molecular formula is C17H18ClF3N2O2. The molecule has 2 rings (SSSR count). The molecule has 25 heavy (non-hydrogen) atoms. The summed E-state index contributed by atoms with van der Waals surface area (Å²) in [5.74, 6) is -0.439. The number of amides is 2. The lowest BCUT2D eigenvalue weighted by Gasteiger charge is -2.30. The number of halogens is 4. The number of hydrogen-bond donors (Lipinski definition) is 1. The molecule has 0 spiro atoms. The number of carbonyl (C=O) groups is 2. The molecule has 1 N–H and O–H groups in total. The largest absolute Gasteiger partial charge is 0.417 e. The lowest BCUT2D eigenvalue weighted by molar-refractivity contribution is -0.137. The number of alkyl halides is 3. The van der Waals surface area contributed by atoms with Crippen molar-refractivity contribution in [3.8, 4) is 0 Å². The Morgan fingerprint density at radius 2 is 1.92 bits per heavy atom. The van der Waals surface area contributed by atoms with Crippen molar-refractivity contribution in [3.63, 3.8) is 0 Å². The molecule has 1 aliphatic rings. The maximum Gasteiger partial charge on any atom is 0.417 e. The zero-order chi connectivity index (χ0) is 18.6. The summed E-state index contributed by atoms with van der Waals surface area (Å²) < 4.78 is 38.5. The van der Waals surface area contributed by atoms with E-state index < -0.39 is 11.7 Å². The van der Waals surface area contributed by atoms with E-state index in [1.54, 1.807) is 11.9 Å². The van der Waals surface area contributed by atoms with E-state index in [0.717, 1.165) is 12.1 Å². The van der Waals surface area contributed by atoms with Gasteiger partial charge in [-0.3, -0.25) is 9.59 Å². The Kier molecular flexibility index (Phi) is 6.11. The normalized spacial score (nSPS) is 16.3. The Balaban J connectivity index is 2.01. The molecule has 1 heterocycles. The van der Waals surface area contributed by atoms with Crippen molar-refractivity contribution in [2.45, 2.75) is 19.0 Å². The zero-order valence-corrected chi connectivity index (χ0v) is 14.3. The first-order valence-corrected chi connectivity index (χ1v) is 8.15. The second-order valence-corrected chi connectivity index (χ2v) is 6.19. The molecule has 136 valence electrons. The SMILES string of the molecule is CNC(=O)C1CCN(C(=O)/C=C\c2ccc(Cl)c(C(F)(F)F)c2)CC1. The first kappa shape index (κ1) is 19.3. The summed E-state index contributed by atoms with van der Waals surface area (Å²) in [6, 6.07) is 3.48. The molecule has 1 aromatic rings. The van der Waals surface area contributed by atoms with Crippen LogP contribution in [-0.2, 0) is 15.8 Å². The highest BCUT2D eigenvalue weighted by atomic mass is 35.5. The first-order chi connectivity index (χ1) is 11.7. The predicted octanol–water partition coefficient (Wildman–Crippen LogP) is 3.36. The Morgan fingerprint density at radius 1 is 1.28 bits per heavy atom. The second-order valence-electron chi connectivity index (χ2n) is 5.78. The molecular weight excluding hydrogens is 357 g/mol. The molecule has 0 atom stereocenters. The fourth-order valence-corrected chi connectivity index (χ4v) is 2.93. The lowest BCUT2D eigenvalue weighted by atomic mass is 9.96. The van der Waals surface area contributed by atoms with E-state index in [2.05, 4.69) is 5.32 Å². The number of piperidine rings is 1. The van der Waals surface area contributed by atoms with Crippen molar-refractivity contribution >= 4 is 29.5 Å². The van der Waals surface area contributed by atoms with E-state index in [9.17, 15) is 22.8 Å². The smallest absolute Gasteiger partial charge is 0.359 e. The van der Waals surface area contributed by atoms with Crippen molar-refractivity contribution < 1.29 is 22.8 Å². The number of likely N-dealkylation sites (tertiary alicyclic amines) is 1. The third-order valence-electron chi connectivity index (χ3n) is 4.14. The molecule has 0 aliphatic carbocycles. The standard InChI is InChI=1S/C17H18ClF3N2O2/c1-22-16(25)12-6-8-23(9-7-12)15(24)5-3-11-2-4-14(18)13(10-11)17(19,20)21/h2-5,10,12H,6-9H2,1H3,(H,22,25)/b5-3-. The average molecular weight is 375 g/mol. The van der Waals surface area contributed by atoms with Crippen LogP contribution in [0.1, 0.15) is 24.0 Å². The Morgan fingerprint density at radius 3 is 2.48 bits per heavy atom. The quantitative estimate of drug-likeness (QED) is 0.825. The number of carbonyl (C=O) groups excluding carboxylic acids is 2. The molecule has 1 aromatic carbocycles. The van der Waals surface area contributed by atoms with Gasteiger partial charge in [0.2, 0.25) is 11.8 Å². The third-order valence-corrected chi connectivity index (χ3v) is 4.47. The summed E-state index contributed by atoms with van der Waals surface area (Å²) in [7, 11) is 1.57. The fraction of sp³-hybridized carbons (Fsp3) is 0.412. The van der Waals surface area contributed by atoms with Crippen LogP contribution in [0.3, 0.4) is 0 Å². The summed E-state index contributed by atoms with van der Waals surface area (Å²) in [6.45, 7) is 0.880. The van der Waals surface area contributed by atoms with Gasteiger partial charge < -0.3 is 10.2 Å². The van der Waals surface area contributed by atoms with E-state index in [0.29, 0.717) is 25.9 Å². The molecule has 0 unspecified atom stereocenters. The van der Waals surface area contributed by atoms with Crippen LogP contribution in [0, 0.1) is 5.92 Å². The third kappa shape index (κ3) is 4.98. The van der Waals surface area contributed by atoms with Crippen LogP contribution in [-0.4, -0.2) is 36.9 Å². The van der Waals surface area contributed by atoms with Crippen molar-refractivity contribution in [1.82, 2.24) is 10.2 Å². The van der Waals surface area contributed by atoms with Gasteiger partial charge in [0, 0.05) is 32.1 Å². The number of nitrogens with one attached hydrogen (secondary N) is 1. The van der Waals surface area contributed by atoms with E-state index in [1.165, 1.54) is 18.2 Å². The van der Waals surface area contributed by atoms with Crippen molar-refractivity contribution in [3.05, 3.63) is 40.4 Å². The summed E-state index contributed by atoms with van der Waals surface area (Å²) >= 11 is 5.56. The van der Waals surface area contributed by atoms with Crippen LogP contribution >= 0.6 is 11.6 Å². The molecule has 0 saturated carbocycles. The van der Waals surface area contributed by atoms with Crippen LogP contribution in [0.5, 0.6) is 0 Å². The van der Waals surface area contributed by atoms with E-state index in [1.807, 2.05) is 0 Å². The van der Waals surface area contributed by atoms with Crippen LogP contribution in [0.15, 0.2) is 24.3 Å². The van der Waals surface area contributed by atoms with Gasteiger partial charge in [-0.25, -0.2) is 0 Å². The van der Waals surface area contributed by atoms with Crippen LogP contribution in [0.4, 0.5) is 13.2 Å². The summed E-state index contributed by atoms with van der Waals surface area (Å²) in [4.78, 5) is 25.3. The number of benzene rings is 1. The molecule has 1 aliphatic heterocycles. The van der Waals surface area contributed by atoms with Crippen molar-refractivity contribution in [1.29, 1.82) is 0 Å². The van der Waals surface area contributed by atoms with Gasteiger partial charge in [0.15, 0.2) is 0 Å². The maximum absolute atomic E-state index is 12.8. The van der Waals surface area contributed by atoms with Gasteiger partial charge in [0.1, 0.15) is 0 Å². The first-order valence-electron chi connectivity index (χ1n) is 7.77. The van der Waals surface area contributed by atoms with Crippen LogP contribution in [0.25, 0.3) is 6.08 Å². The number of rotatable bonds is 3. The van der Waals surface area contributed by atoms with Gasteiger partial charge in [0.05, 0.1) is 10.6 Å². The molecule has 8 heteroatoms. The zero-order valence-electron chi connectivity index (χ0n) is 13.6. The Bertz CT molecular complexity index is 681. The molecule has 0 aromatic heterocycles. The predicted molar refractivity (Wildman–Crippen MR) is 88.9 cm³/mol. The highest BCUT2D eigenvalue weighted by molar-refractivity contribution is 6.31. The monoisotopic (exact) mass is 374 g/mol. The van der Waals surface area contributed by atoms with Crippen molar-refractivity contribution in [2.24, 2.45) is 5.92 Å². The fourth-order valence-electron chi connectivity index (χ4n) is 2.70. The van der Waals surface area contributed by atoms with Gasteiger partial charge in [-0.2, -0.15) is 13.2 Å². The highest BCUT2D eigenvalue weighted by Crippen LogP contribution is 2.35. The summed E-state index contributed by atoms with van der Waals surface area (Å²) in [5.41, 5.74) is -0.694. The molecule has 0 bridgehead atoms. The van der Waals surface area contributed by atoms with E-state index >= 15 is 0 Å². The van der Waals surface area contributed by atoms with Crippen LogP contribution < -0.4 is 5.32 Å². The minimum Gasteiger partial charge on any atom is -0.359 e. The van der Waals surface area contributed by atoms with Crippen LogP contribution in [0.2, 0.25) is 5.02 Å². The van der Waals surface area contributed by atoms with E-state index in [4.69, 9.17) is 11.6 Å². The van der Waals surface area contributed by atoms with Gasteiger partial charge in [-0.05, 0) is 36.6 Å². The second kappa shape index (κ2) is 7.91. The Hall–Kier alpha value is -2.02. The molecule has 4 nitrogen and oxygen atoms in total. The lowest BCUT2D eigenvalue weighted by Crippen LogP contribution is -2.41. The number of nitrogens with zero attached hydrogens (tertiary/aromatic N) is 1. The minimum atomic E-state index is -4.55. The minimum absolute atomic E-state index is 0.0384. The van der Waals surface area contributed by atoms with E-state index in [-0.39, 0.29) is 28.3 Å². The molecule has 0 radical (unpaired) electrons. The van der Waals surface area contributed by atoms with Crippen molar-refractivity contribution in [2.75, 3.05) is 20.1 Å². The van der Waals surface area contributed by atoms with Gasteiger partial charge >= 0.3 is 6.18 Å². The van der Waals surface area contributed by atoms with Gasteiger partial charge in [-0.1, -0.05) is 17.7 Å². The number of hydrogen-bond acceptors (Lipinski definition) is 2.